The molecular weight excluding hydrogens is 362 g/mol. The monoisotopic (exact) mass is 377 g/mol. The average Bonchev–Trinajstić information content (AvgIpc) is 3.07. The van der Waals surface area contributed by atoms with E-state index in [9.17, 15) is 4.79 Å². The molecule has 1 aliphatic rings. The van der Waals surface area contributed by atoms with Crippen LogP contribution in [0, 0.1) is 0 Å². The molecule has 0 fully saturated rings. The molecule has 5 nitrogen and oxygen atoms in total. The van der Waals surface area contributed by atoms with E-state index < -0.39 is 5.91 Å². The van der Waals surface area contributed by atoms with E-state index in [2.05, 4.69) is 9.98 Å². The number of ether oxygens (including phenoxy) is 1. The maximum Gasteiger partial charge on any atom is 0.282 e. The van der Waals surface area contributed by atoms with Gasteiger partial charge in [0, 0.05) is 17.4 Å². The molecule has 0 saturated carbocycles. The lowest BCUT2D eigenvalue weighted by molar-refractivity contribution is 0.100. The molecule has 0 N–H and O–H groups in total. The number of amidine groups is 1. The molecule has 0 unspecified atom stereocenters. The van der Waals surface area contributed by atoms with Gasteiger partial charge in [-0.05, 0) is 42.0 Å². The Morgan fingerprint density at radius 2 is 1.89 bits per heavy atom. The molecule has 0 atom stereocenters. The third-order valence-corrected chi connectivity index (χ3v) is 4.72. The predicted octanol–water partition coefficient (Wildman–Crippen LogP) is 4.35. The molecular formula is C21H16ClN3O2. The number of fused-ring (bicyclic) bond motifs is 1. The number of aliphatic imine (C=N–C) groups is 1. The first-order valence-electron chi connectivity index (χ1n) is 8.41. The van der Waals surface area contributed by atoms with Gasteiger partial charge >= 0.3 is 0 Å². The zero-order valence-electron chi connectivity index (χ0n) is 14.6. The third kappa shape index (κ3) is 3.29. The van der Waals surface area contributed by atoms with Crippen LogP contribution < -0.4 is 9.64 Å². The van der Waals surface area contributed by atoms with Crippen molar-refractivity contribution in [2.75, 3.05) is 12.0 Å². The Labute approximate surface area is 161 Å². The number of amides is 1. The van der Waals surface area contributed by atoms with E-state index in [0.29, 0.717) is 12.4 Å². The van der Waals surface area contributed by atoms with Crippen LogP contribution in [0.5, 0.6) is 5.75 Å². The molecule has 27 heavy (non-hydrogen) atoms. The van der Waals surface area contributed by atoms with Gasteiger partial charge in [0.25, 0.3) is 5.91 Å². The number of anilines is 1. The van der Waals surface area contributed by atoms with E-state index in [1.54, 1.807) is 25.4 Å². The molecule has 134 valence electrons. The second-order valence-electron chi connectivity index (χ2n) is 6.02. The minimum Gasteiger partial charge on any atom is -0.497 e. The van der Waals surface area contributed by atoms with Gasteiger partial charge in [0.05, 0.1) is 19.2 Å². The van der Waals surface area contributed by atoms with Crippen molar-refractivity contribution in [3.05, 3.63) is 88.7 Å². The van der Waals surface area contributed by atoms with Crippen LogP contribution in [0.3, 0.4) is 0 Å². The maximum absolute atomic E-state index is 12.7. The summed E-state index contributed by atoms with van der Waals surface area (Å²) >= 11 is 6.06. The first-order valence-corrected chi connectivity index (χ1v) is 8.78. The second-order valence-corrected chi connectivity index (χ2v) is 6.38. The van der Waals surface area contributed by atoms with Gasteiger partial charge in [-0.2, -0.15) is 4.99 Å². The Morgan fingerprint density at radius 1 is 1.11 bits per heavy atom. The van der Waals surface area contributed by atoms with Crippen molar-refractivity contribution in [1.82, 2.24) is 4.98 Å². The zero-order valence-corrected chi connectivity index (χ0v) is 15.3. The number of methoxy groups -OCH3 is 1. The number of carbonyl (C=O) groups excluding carboxylic acids is 1. The Balaban J connectivity index is 1.77. The first kappa shape index (κ1) is 17.2. The van der Waals surface area contributed by atoms with Gasteiger partial charge in [-0.1, -0.05) is 35.9 Å². The summed E-state index contributed by atoms with van der Waals surface area (Å²) in [6, 6.07) is 18.9. The molecule has 0 spiro atoms. The maximum atomic E-state index is 12.7. The van der Waals surface area contributed by atoms with E-state index in [0.717, 1.165) is 22.6 Å². The SMILES string of the molecule is COc1ccc(N2Cc3ccccc3C2=NC(=O)c2cccnc2Cl)cc1. The number of nitrogens with zero attached hydrogens (tertiary/aromatic N) is 3. The van der Waals surface area contributed by atoms with Gasteiger partial charge < -0.3 is 9.64 Å². The topological polar surface area (TPSA) is 54.8 Å². The Bertz CT molecular complexity index is 1030. The van der Waals surface area contributed by atoms with E-state index in [1.807, 2.05) is 53.4 Å². The van der Waals surface area contributed by atoms with Gasteiger partial charge in [-0.3, -0.25) is 4.79 Å². The fourth-order valence-corrected chi connectivity index (χ4v) is 3.27. The van der Waals surface area contributed by atoms with Crippen LogP contribution in [0.4, 0.5) is 5.69 Å². The highest BCUT2D eigenvalue weighted by Crippen LogP contribution is 2.30. The molecule has 4 rings (SSSR count). The van der Waals surface area contributed by atoms with Gasteiger partial charge in [0.2, 0.25) is 0 Å². The Hall–Kier alpha value is -3.18. The van der Waals surface area contributed by atoms with Crippen molar-refractivity contribution in [2.45, 2.75) is 6.54 Å². The van der Waals surface area contributed by atoms with Crippen molar-refractivity contribution >= 4 is 29.0 Å². The van der Waals surface area contributed by atoms with E-state index in [-0.39, 0.29) is 10.7 Å². The number of rotatable bonds is 3. The highest BCUT2D eigenvalue weighted by molar-refractivity contribution is 6.33. The number of pyridine rings is 1. The number of halogens is 1. The average molecular weight is 378 g/mol. The number of benzene rings is 2. The summed E-state index contributed by atoms with van der Waals surface area (Å²) in [5, 5.41) is 0.147. The summed E-state index contributed by atoms with van der Waals surface area (Å²) in [6.45, 7) is 0.634. The highest BCUT2D eigenvalue weighted by Gasteiger charge is 2.27. The van der Waals surface area contributed by atoms with Crippen LogP contribution in [-0.2, 0) is 6.54 Å². The highest BCUT2D eigenvalue weighted by atomic mass is 35.5. The molecule has 0 aliphatic carbocycles. The standard InChI is InChI=1S/C21H16ClN3O2/c1-27-16-10-8-15(9-11-16)25-13-14-5-2-3-6-17(14)20(25)24-21(26)18-7-4-12-23-19(18)22/h2-12H,13H2,1H3. The molecule has 0 radical (unpaired) electrons. The normalized spacial score (nSPS) is 14.3. The summed E-state index contributed by atoms with van der Waals surface area (Å²) < 4.78 is 5.23. The minimum atomic E-state index is -0.418. The molecule has 2 aromatic carbocycles. The second kappa shape index (κ2) is 7.21. The van der Waals surface area contributed by atoms with Crippen molar-refractivity contribution in [3.8, 4) is 5.75 Å². The van der Waals surface area contributed by atoms with Crippen LogP contribution >= 0.6 is 11.6 Å². The molecule has 3 aromatic rings. The lowest BCUT2D eigenvalue weighted by Crippen LogP contribution is -2.25. The first-order chi connectivity index (χ1) is 13.2. The fraction of sp³-hybridized carbons (Fsp3) is 0.0952. The summed E-state index contributed by atoms with van der Waals surface area (Å²) in [5.74, 6) is 0.950. The largest absolute Gasteiger partial charge is 0.497 e. The summed E-state index contributed by atoms with van der Waals surface area (Å²) in [7, 11) is 1.63. The van der Waals surface area contributed by atoms with Gasteiger partial charge in [-0.15, -0.1) is 0 Å². The summed E-state index contributed by atoms with van der Waals surface area (Å²) in [6.07, 6.45) is 1.54. The van der Waals surface area contributed by atoms with Crippen molar-refractivity contribution in [3.63, 3.8) is 0 Å². The molecule has 1 aromatic heterocycles. The van der Waals surface area contributed by atoms with Crippen molar-refractivity contribution in [1.29, 1.82) is 0 Å². The quantitative estimate of drug-likeness (QED) is 0.637. The minimum absolute atomic E-state index is 0.147. The van der Waals surface area contributed by atoms with E-state index >= 15 is 0 Å². The molecule has 1 aliphatic heterocycles. The van der Waals surface area contributed by atoms with Crippen LogP contribution in [0.1, 0.15) is 21.5 Å². The molecule has 0 saturated heterocycles. The summed E-state index contributed by atoms with van der Waals surface area (Å²) in [5.41, 5.74) is 3.25. The fourth-order valence-electron chi connectivity index (χ4n) is 3.07. The van der Waals surface area contributed by atoms with Gasteiger partial charge in [0.15, 0.2) is 0 Å². The predicted molar refractivity (Wildman–Crippen MR) is 106 cm³/mol. The lowest BCUT2D eigenvalue weighted by atomic mass is 10.1. The molecule has 0 bridgehead atoms. The molecule has 1 amide bonds. The molecule has 2 heterocycles. The van der Waals surface area contributed by atoms with Crippen LogP contribution in [0.2, 0.25) is 5.15 Å². The van der Waals surface area contributed by atoms with E-state index in [1.165, 1.54) is 0 Å². The van der Waals surface area contributed by atoms with Crippen molar-refractivity contribution < 1.29 is 9.53 Å². The van der Waals surface area contributed by atoms with Crippen molar-refractivity contribution in [2.24, 2.45) is 4.99 Å². The van der Waals surface area contributed by atoms with E-state index in [4.69, 9.17) is 16.3 Å². The Kier molecular flexibility index (Phi) is 4.60. The lowest BCUT2D eigenvalue weighted by Gasteiger charge is -2.19. The van der Waals surface area contributed by atoms with Crippen LogP contribution in [-0.4, -0.2) is 23.8 Å². The van der Waals surface area contributed by atoms with Crippen LogP contribution in [0.15, 0.2) is 71.9 Å². The number of hydrogen-bond acceptors (Lipinski definition) is 3. The number of carbonyl (C=O) groups is 1. The van der Waals surface area contributed by atoms with Gasteiger partial charge in [-0.25, -0.2) is 4.98 Å². The Morgan fingerprint density at radius 3 is 2.63 bits per heavy atom. The third-order valence-electron chi connectivity index (χ3n) is 4.42. The van der Waals surface area contributed by atoms with Gasteiger partial charge in [0.1, 0.15) is 16.7 Å². The number of aromatic nitrogens is 1. The summed E-state index contributed by atoms with van der Waals surface area (Å²) in [4.78, 5) is 23.1. The van der Waals surface area contributed by atoms with Crippen LogP contribution in [0.25, 0.3) is 0 Å². The smallest absolute Gasteiger partial charge is 0.282 e. The molecule has 6 heteroatoms. The zero-order chi connectivity index (χ0) is 18.8. The number of hydrogen-bond donors (Lipinski definition) is 0.